The van der Waals surface area contributed by atoms with Crippen LogP contribution in [0.15, 0.2) is 29.0 Å². The fourth-order valence-corrected chi connectivity index (χ4v) is 9.01. The molecule has 3 rings (SSSR count). The maximum atomic E-state index is 14.6. The Morgan fingerprint density at radius 2 is 1.79 bits per heavy atom. The number of carbonyl (C=O) groups excluding carboxylic acids is 5. The summed E-state index contributed by atoms with van der Waals surface area (Å²) in [4.78, 5) is 70.9. The number of quaternary nitrogens is 1. The van der Waals surface area contributed by atoms with Gasteiger partial charge in [0.15, 0.2) is 11.1 Å². The standard InChI is InChI=1S/C37H60N6O7S2/c1-8-13-26(32(44)34(46)39-18-9-2)40-33(45)31-25(23(3)4)16-19-43(31)35(47)30(24-14-11-10-12-15-24)42-36(48)41-29(37(5,6)7)22-38-21-27-28(52(49)50)17-20-51-27/h9,17,20,23-26,29-31,38H,2,8,10-16,18-19,21-22H2,1,3-7H3,(H,39,46)(H,40,45)(H,49,50)(H2,41,42,48)/p+1/t25-,26?,29-,30+,31+/m1/s1. The van der Waals surface area contributed by atoms with Gasteiger partial charge in [0.2, 0.25) is 17.6 Å². The summed E-state index contributed by atoms with van der Waals surface area (Å²) in [5.74, 6) is -2.54. The first kappa shape index (κ1) is 43.3. The number of Topliss-reactive ketones (excluding diaryl/α,β-unsaturated/α-hetero) is 1. The molecule has 0 aromatic carbocycles. The third-order valence-electron chi connectivity index (χ3n) is 10.3. The van der Waals surface area contributed by atoms with Crippen LogP contribution < -0.4 is 26.6 Å². The van der Waals surface area contributed by atoms with Crippen LogP contribution in [0.5, 0.6) is 0 Å². The van der Waals surface area contributed by atoms with Gasteiger partial charge in [-0.15, -0.1) is 17.9 Å². The zero-order valence-corrected chi connectivity index (χ0v) is 33.3. The molecular weight excluding hydrogens is 705 g/mol. The highest BCUT2D eigenvalue weighted by atomic mass is 32.2. The third kappa shape index (κ3) is 11.9. The topological polar surface area (TPSA) is 191 Å². The Morgan fingerprint density at radius 1 is 1.10 bits per heavy atom. The molecule has 2 aliphatic rings. The molecule has 1 aliphatic carbocycles. The summed E-state index contributed by atoms with van der Waals surface area (Å²) in [6, 6.07) is -1.87. The minimum Gasteiger partial charge on any atom is -0.346 e. The number of rotatable bonds is 18. The van der Waals surface area contributed by atoms with E-state index in [0.717, 1.165) is 37.0 Å². The Balaban J connectivity index is 1.81. The van der Waals surface area contributed by atoms with Crippen molar-refractivity contribution < 1.29 is 38.1 Å². The van der Waals surface area contributed by atoms with Crippen molar-refractivity contribution in [3.8, 4) is 0 Å². The van der Waals surface area contributed by atoms with Gasteiger partial charge in [-0.1, -0.05) is 73.3 Å². The molecule has 52 heavy (non-hydrogen) atoms. The van der Waals surface area contributed by atoms with E-state index in [2.05, 4.69) is 27.8 Å². The van der Waals surface area contributed by atoms with Crippen LogP contribution in [0.3, 0.4) is 0 Å². The van der Waals surface area contributed by atoms with Crippen molar-refractivity contribution in [3.05, 3.63) is 29.0 Å². The largest absolute Gasteiger partial charge is 0.346 e. The number of nitrogens with one attached hydrogen (secondary N) is 4. The van der Waals surface area contributed by atoms with Crippen LogP contribution in [-0.2, 0) is 36.8 Å². The van der Waals surface area contributed by atoms with Crippen molar-refractivity contribution in [1.29, 1.82) is 0 Å². The van der Waals surface area contributed by atoms with Crippen LogP contribution in [-0.4, -0.2) is 87.0 Å². The van der Waals surface area contributed by atoms with Crippen molar-refractivity contribution in [3.63, 3.8) is 0 Å². The van der Waals surface area contributed by atoms with Gasteiger partial charge in [0, 0.05) is 13.1 Å². The first-order valence-corrected chi connectivity index (χ1v) is 20.7. The first-order valence-electron chi connectivity index (χ1n) is 18.7. The Kier molecular flexibility index (Phi) is 16.9. The number of hydrogen-bond acceptors (Lipinski definition) is 7. The van der Waals surface area contributed by atoms with Gasteiger partial charge in [0.25, 0.3) is 5.91 Å². The van der Waals surface area contributed by atoms with E-state index in [0.29, 0.717) is 37.4 Å². The summed E-state index contributed by atoms with van der Waals surface area (Å²) in [6.45, 7) is 17.0. The quantitative estimate of drug-likeness (QED) is 0.0752. The summed E-state index contributed by atoms with van der Waals surface area (Å²) in [6.07, 6.45) is 7.36. The molecular formula is C37H61N6O7S2+. The molecule has 1 aromatic rings. The summed E-state index contributed by atoms with van der Waals surface area (Å²) in [7, 11) is 0. The molecule has 1 aliphatic heterocycles. The van der Waals surface area contributed by atoms with Crippen LogP contribution in [0.2, 0.25) is 0 Å². The molecule has 292 valence electrons. The van der Waals surface area contributed by atoms with E-state index in [1.807, 2.05) is 46.9 Å². The van der Waals surface area contributed by atoms with Gasteiger partial charge in [-0.25, -0.2) is 9.00 Å². The molecule has 2 fully saturated rings. The van der Waals surface area contributed by atoms with E-state index in [-0.39, 0.29) is 48.1 Å². The van der Waals surface area contributed by atoms with Gasteiger partial charge in [-0.3, -0.25) is 19.2 Å². The summed E-state index contributed by atoms with van der Waals surface area (Å²) in [5.41, 5.74) is -0.339. The van der Waals surface area contributed by atoms with Crippen molar-refractivity contribution in [2.75, 3.05) is 19.6 Å². The van der Waals surface area contributed by atoms with Gasteiger partial charge < -0.3 is 36.0 Å². The molecule has 15 heteroatoms. The van der Waals surface area contributed by atoms with E-state index in [1.54, 1.807) is 16.3 Å². The lowest BCUT2D eigenvalue weighted by Gasteiger charge is -2.37. The van der Waals surface area contributed by atoms with Crippen molar-refractivity contribution >= 4 is 52.0 Å². The van der Waals surface area contributed by atoms with Crippen LogP contribution in [0.4, 0.5) is 4.79 Å². The summed E-state index contributed by atoms with van der Waals surface area (Å²) < 4.78 is 21.3. The molecule has 0 bridgehead atoms. The lowest BCUT2D eigenvalue weighted by atomic mass is 9.82. The van der Waals surface area contributed by atoms with Crippen molar-refractivity contribution in [1.82, 2.24) is 26.2 Å². The highest BCUT2D eigenvalue weighted by molar-refractivity contribution is 7.79. The van der Waals surface area contributed by atoms with Crippen molar-refractivity contribution in [2.45, 2.75) is 129 Å². The molecule has 0 radical (unpaired) electrons. The highest BCUT2D eigenvalue weighted by Crippen LogP contribution is 2.34. The minimum atomic E-state index is -2.07. The minimum absolute atomic E-state index is 0.0561. The monoisotopic (exact) mass is 765 g/mol. The summed E-state index contributed by atoms with van der Waals surface area (Å²) >= 11 is -0.657. The second kappa shape index (κ2) is 20.4. The van der Waals surface area contributed by atoms with Crippen LogP contribution >= 0.6 is 11.3 Å². The van der Waals surface area contributed by atoms with E-state index < -0.39 is 52.8 Å². The molecule has 2 heterocycles. The highest BCUT2D eigenvalue weighted by Gasteiger charge is 2.47. The van der Waals surface area contributed by atoms with Gasteiger partial charge in [0.1, 0.15) is 18.6 Å². The number of likely N-dealkylation sites (tertiary alicyclic amines) is 1. The lowest BCUT2D eigenvalue weighted by molar-refractivity contribution is -0.673. The Bertz CT molecular complexity index is 1420. The third-order valence-corrected chi connectivity index (χ3v) is 12.2. The van der Waals surface area contributed by atoms with Gasteiger partial charge >= 0.3 is 6.03 Å². The van der Waals surface area contributed by atoms with E-state index in [9.17, 15) is 32.7 Å². The van der Waals surface area contributed by atoms with Crippen molar-refractivity contribution in [2.24, 2.45) is 23.2 Å². The zero-order valence-electron chi connectivity index (χ0n) is 31.7. The first-order chi connectivity index (χ1) is 24.6. The van der Waals surface area contributed by atoms with Gasteiger partial charge in [-0.2, -0.15) is 0 Å². The predicted molar refractivity (Wildman–Crippen MR) is 203 cm³/mol. The normalized spacial score (nSPS) is 20.4. The van der Waals surface area contributed by atoms with Gasteiger partial charge in [0.05, 0.1) is 28.4 Å². The van der Waals surface area contributed by atoms with Crippen LogP contribution in [0, 0.1) is 23.2 Å². The van der Waals surface area contributed by atoms with E-state index >= 15 is 0 Å². The maximum absolute atomic E-state index is 14.6. The molecule has 6 atom stereocenters. The van der Waals surface area contributed by atoms with E-state index in [1.165, 1.54) is 17.4 Å². The second-order valence-corrected chi connectivity index (χ2v) is 17.4. The number of carbonyl (C=O) groups is 5. The number of ketones is 1. The molecule has 0 spiro atoms. The average Bonchev–Trinajstić information content (AvgIpc) is 3.76. The average molecular weight is 766 g/mol. The SMILES string of the molecule is C=CCNC(=O)C(=O)C(CCC)NC(=O)[C@@H]1[C@@H](C(C)C)CCN1C(=O)[C@@H](NC(=O)N[C@H](C[NH2+]Cc1sccc1S(=O)O)C(C)(C)C)C1CCCCC1. The summed E-state index contributed by atoms with van der Waals surface area (Å²) in [5, 5.41) is 15.3. The molecule has 2 unspecified atom stereocenters. The fourth-order valence-electron chi connectivity index (χ4n) is 7.33. The molecule has 5 amide bonds. The van der Waals surface area contributed by atoms with E-state index in [4.69, 9.17) is 0 Å². The lowest BCUT2D eigenvalue weighted by Crippen LogP contribution is -2.86. The predicted octanol–water partition coefficient (Wildman–Crippen LogP) is 3.08. The number of nitrogens with zero attached hydrogens (tertiary/aromatic N) is 1. The smallest absolute Gasteiger partial charge is 0.315 e. The Hall–Kier alpha value is -3.14. The number of nitrogens with two attached hydrogens (primary N) is 1. The van der Waals surface area contributed by atoms with Gasteiger partial charge in [-0.05, 0) is 60.3 Å². The molecule has 1 saturated heterocycles. The van der Waals surface area contributed by atoms with Crippen LogP contribution in [0.25, 0.3) is 0 Å². The molecule has 7 N–H and O–H groups in total. The number of thiophene rings is 1. The Labute approximate surface area is 315 Å². The second-order valence-electron chi connectivity index (χ2n) is 15.5. The number of hydrogen-bond donors (Lipinski definition) is 6. The molecule has 1 aromatic heterocycles. The zero-order chi connectivity index (χ0) is 38.6. The number of amides is 5. The molecule has 1 saturated carbocycles. The van der Waals surface area contributed by atoms with Crippen LogP contribution in [0.1, 0.15) is 97.8 Å². The fraction of sp³-hybridized carbons (Fsp3) is 0.703. The molecule has 13 nitrogen and oxygen atoms in total. The maximum Gasteiger partial charge on any atom is 0.315 e. The number of urea groups is 1. The Morgan fingerprint density at radius 3 is 2.38 bits per heavy atom.